The lowest BCUT2D eigenvalue weighted by Crippen LogP contribution is -2.06. The van der Waals surface area contributed by atoms with Crippen LogP contribution in [0.25, 0.3) is 33.2 Å². The van der Waals surface area contributed by atoms with Crippen LogP contribution in [0.4, 0.5) is 4.39 Å². The molecule has 1 heterocycles. The van der Waals surface area contributed by atoms with E-state index in [-0.39, 0.29) is 5.82 Å². The van der Waals surface area contributed by atoms with E-state index >= 15 is 0 Å². The standard InChI is InChI=1S/C26H21FN2O/c27-22-13-10-20(11-14-22)26-28-24-8-3-4-9-25(24)29(26)16-5-17-30-23-15-12-19-6-1-2-7-21(19)18-23/h1-4,6-15,18H,5,16-17H2. The van der Waals surface area contributed by atoms with Gasteiger partial charge in [-0.2, -0.15) is 0 Å². The molecule has 148 valence electrons. The Balaban J connectivity index is 1.34. The van der Waals surface area contributed by atoms with Gasteiger partial charge in [-0.3, -0.25) is 0 Å². The van der Waals surface area contributed by atoms with Gasteiger partial charge in [-0.25, -0.2) is 9.37 Å². The molecule has 5 rings (SSSR count). The summed E-state index contributed by atoms with van der Waals surface area (Å²) in [7, 11) is 0. The molecule has 0 unspecified atom stereocenters. The van der Waals surface area contributed by atoms with Crippen LogP contribution >= 0.6 is 0 Å². The summed E-state index contributed by atoms with van der Waals surface area (Å²) in [5.41, 5.74) is 2.91. The molecule has 0 N–H and O–H groups in total. The molecule has 0 atom stereocenters. The van der Waals surface area contributed by atoms with E-state index in [1.54, 1.807) is 12.1 Å². The fraction of sp³-hybridized carbons (Fsp3) is 0.115. The van der Waals surface area contributed by atoms with Crippen molar-refractivity contribution in [1.29, 1.82) is 0 Å². The molecule has 3 nitrogen and oxygen atoms in total. The molecule has 0 amide bonds. The van der Waals surface area contributed by atoms with Gasteiger partial charge in [-0.05, 0) is 65.7 Å². The van der Waals surface area contributed by atoms with E-state index in [1.165, 1.54) is 22.9 Å². The number of fused-ring (bicyclic) bond motifs is 2. The second kappa shape index (κ2) is 7.99. The minimum Gasteiger partial charge on any atom is -0.494 e. The number of benzene rings is 4. The fourth-order valence-electron chi connectivity index (χ4n) is 3.79. The summed E-state index contributed by atoms with van der Waals surface area (Å²) in [6, 6.07) is 29.0. The summed E-state index contributed by atoms with van der Waals surface area (Å²) < 4.78 is 21.6. The third-order valence-electron chi connectivity index (χ3n) is 5.27. The highest BCUT2D eigenvalue weighted by Gasteiger charge is 2.12. The molecule has 0 aliphatic carbocycles. The van der Waals surface area contributed by atoms with Crippen molar-refractivity contribution in [3.8, 4) is 17.1 Å². The van der Waals surface area contributed by atoms with Crippen LogP contribution in [-0.2, 0) is 6.54 Å². The molecule has 0 bridgehead atoms. The van der Waals surface area contributed by atoms with Gasteiger partial charge in [0.2, 0.25) is 0 Å². The summed E-state index contributed by atoms with van der Waals surface area (Å²) >= 11 is 0. The summed E-state index contributed by atoms with van der Waals surface area (Å²) in [4.78, 5) is 4.78. The molecule has 4 aromatic carbocycles. The van der Waals surface area contributed by atoms with Crippen LogP contribution in [0.15, 0.2) is 91.0 Å². The number of halogens is 1. The SMILES string of the molecule is Fc1ccc(-c2nc3ccccc3n2CCCOc2ccc3ccccc3c2)cc1. The maximum absolute atomic E-state index is 13.4. The zero-order chi connectivity index (χ0) is 20.3. The van der Waals surface area contributed by atoms with Gasteiger partial charge in [0.1, 0.15) is 17.4 Å². The topological polar surface area (TPSA) is 27.1 Å². The number of aromatic nitrogens is 2. The number of aryl methyl sites for hydroxylation is 1. The molecule has 5 aromatic rings. The Kier molecular flexibility index (Phi) is 4.89. The Morgan fingerprint density at radius 1 is 0.800 bits per heavy atom. The Labute approximate surface area is 174 Å². The molecular weight excluding hydrogens is 375 g/mol. The van der Waals surface area contributed by atoms with Crippen molar-refractivity contribution in [1.82, 2.24) is 9.55 Å². The first-order valence-electron chi connectivity index (χ1n) is 10.1. The molecule has 0 saturated heterocycles. The maximum atomic E-state index is 13.4. The van der Waals surface area contributed by atoms with Gasteiger partial charge in [0, 0.05) is 12.1 Å². The first kappa shape index (κ1) is 18.4. The predicted molar refractivity (Wildman–Crippen MR) is 119 cm³/mol. The van der Waals surface area contributed by atoms with E-state index in [2.05, 4.69) is 34.9 Å². The lowest BCUT2D eigenvalue weighted by Gasteiger charge is -2.11. The molecule has 1 aromatic heterocycles. The molecule has 0 fully saturated rings. The van der Waals surface area contributed by atoms with Crippen molar-refractivity contribution >= 4 is 21.8 Å². The van der Waals surface area contributed by atoms with Gasteiger partial charge < -0.3 is 9.30 Å². The summed E-state index contributed by atoms with van der Waals surface area (Å²) in [6.45, 7) is 1.37. The van der Waals surface area contributed by atoms with Crippen molar-refractivity contribution in [3.63, 3.8) is 0 Å². The van der Waals surface area contributed by atoms with Gasteiger partial charge >= 0.3 is 0 Å². The zero-order valence-corrected chi connectivity index (χ0v) is 16.5. The number of para-hydroxylation sites is 2. The first-order chi connectivity index (χ1) is 14.8. The van der Waals surface area contributed by atoms with E-state index in [9.17, 15) is 4.39 Å². The van der Waals surface area contributed by atoms with Crippen LogP contribution in [0.3, 0.4) is 0 Å². The van der Waals surface area contributed by atoms with Crippen molar-refractivity contribution in [2.75, 3.05) is 6.61 Å². The summed E-state index contributed by atoms with van der Waals surface area (Å²) in [5.74, 6) is 1.48. The number of imidazole rings is 1. The monoisotopic (exact) mass is 396 g/mol. The lowest BCUT2D eigenvalue weighted by atomic mass is 10.1. The third-order valence-corrected chi connectivity index (χ3v) is 5.27. The molecule has 0 radical (unpaired) electrons. The Morgan fingerprint density at radius 2 is 1.57 bits per heavy atom. The first-order valence-corrected chi connectivity index (χ1v) is 10.1. The van der Waals surface area contributed by atoms with Crippen LogP contribution in [-0.4, -0.2) is 16.2 Å². The van der Waals surface area contributed by atoms with E-state index in [1.807, 2.05) is 36.4 Å². The van der Waals surface area contributed by atoms with Crippen LogP contribution in [0.5, 0.6) is 5.75 Å². The number of rotatable bonds is 6. The van der Waals surface area contributed by atoms with E-state index in [0.717, 1.165) is 41.1 Å². The van der Waals surface area contributed by atoms with Crippen molar-refractivity contribution in [2.24, 2.45) is 0 Å². The number of hydrogen-bond donors (Lipinski definition) is 0. The largest absolute Gasteiger partial charge is 0.494 e. The van der Waals surface area contributed by atoms with Crippen LogP contribution in [0, 0.1) is 5.82 Å². The lowest BCUT2D eigenvalue weighted by molar-refractivity contribution is 0.303. The predicted octanol–water partition coefficient (Wildman–Crippen LogP) is 6.46. The van der Waals surface area contributed by atoms with Gasteiger partial charge in [-0.15, -0.1) is 0 Å². The van der Waals surface area contributed by atoms with Crippen LogP contribution < -0.4 is 4.74 Å². The van der Waals surface area contributed by atoms with Gasteiger partial charge in [0.25, 0.3) is 0 Å². The second-order valence-corrected chi connectivity index (χ2v) is 7.29. The van der Waals surface area contributed by atoms with Gasteiger partial charge in [0.15, 0.2) is 0 Å². The highest BCUT2D eigenvalue weighted by Crippen LogP contribution is 2.26. The van der Waals surface area contributed by atoms with Gasteiger partial charge in [0.05, 0.1) is 17.6 Å². The van der Waals surface area contributed by atoms with E-state index in [0.29, 0.717) is 6.61 Å². The number of hydrogen-bond acceptors (Lipinski definition) is 2. The third kappa shape index (κ3) is 3.64. The second-order valence-electron chi connectivity index (χ2n) is 7.29. The zero-order valence-electron chi connectivity index (χ0n) is 16.5. The molecule has 0 saturated carbocycles. The average molecular weight is 396 g/mol. The molecule has 0 aliphatic heterocycles. The summed E-state index contributed by atoms with van der Waals surface area (Å²) in [5, 5.41) is 2.38. The van der Waals surface area contributed by atoms with Crippen molar-refractivity contribution in [2.45, 2.75) is 13.0 Å². The van der Waals surface area contributed by atoms with E-state index < -0.39 is 0 Å². The maximum Gasteiger partial charge on any atom is 0.141 e. The smallest absolute Gasteiger partial charge is 0.141 e. The molecule has 30 heavy (non-hydrogen) atoms. The van der Waals surface area contributed by atoms with Crippen molar-refractivity contribution < 1.29 is 9.13 Å². The summed E-state index contributed by atoms with van der Waals surface area (Å²) in [6.07, 6.45) is 0.835. The number of nitrogens with zero attached hydrogens (tertiary/aromatic N) is 2. The Hall–Kier alpha value is -3.66. The quantitative estimate of drug-likeness (QED) is 0.308. The minimum absolute atomic E-state index is 0.245. The van der Waals surface area contributed by atoms with E-state index in [4.69, 9.17) is 9.72 Å². The van der Waals surface area contributed by atoms with Crippen molar-refractivity contribution in [3.05, 3.63) is 96.8 Å². The molecule has 0 spiro atoms. The highest BCUT2D eigenvalue weighted by atomic mass is 19.1. The average Bonchev–Trinajstić information content (AvgIpc) is 3.16. The van der Waals surface area contributed by atoms with Gasteiger partial charge in [-0.1, -0.05) is 42.5 Å². The highest BCUT2D eigenvalue weighted by molar-refractivity contribution is 5.83. The fourth-order valence-corrected chi connectivity index (χ4v) is 3.79. The molecular formula is C26H21FN2O. The normalized spacial score (nSPS) is 11.2. The minimum atomic E-state index is -0.245. The number of ether oxygens (including phenoxy) is 1. The molecule has 4 heteroatoms. The Morgan fingerprint density at radius 3 is 2.43 bits per heavy atom. The Bertz CT molecular complexity index is 1310. The van der Waals surface area contributed by atoms with Crippen LogP contribution in [0.2, 0.25) is 0 Å². The van der Waals surface area contributed by atoms with Crippen LogP contribution in [0.1, 0.15) is 6.42 Å². The molecule has 0 aliphatic rings.